The van der Waals surface area contributed by atoms with Crippen LogP contribution in [0.4, 0.5) is 5.69 Å². The molecule has 148 valence electrons. The highest BCUT2D eigenvalue weighted by Crippen LogP contribution is 2.30. The van der Waals surface area contributed by atoms with Gasteiger partial charge in [-0.25, -0.2) is 0 Å². The number of nitrogens with one attached hydrogen (secondary N) is 1. The van der Waals surface area contributed by atoms with Gasteiger partial charge in [0.1, 0.15) is 12.4 Å². The van der Waals surface area contributed by atoms with Crippen molar-refractivity contribution in [1.82, 2.24) is 5.32 Å². The van der Waals surface area contributed by atoms with E-state index in [9.17, 15) is 4.79 Å². The molecule has 2 aromatic carbocycles. The van der Waals surface area contributed by atoms with Crippen LogP contribution in [0.15, 0.2) is 42.5 Å². The van der Waals surface area contributed by atoms with E-state index in [0.29, 0.717) is 18.1 Å². The van der Waals surface area contributed by atoms with Gasteiger partial charge in [-0.2, -0.15) is 0 Å². The third-order valence-corrected chi connectivity index (χ3v) is 5.66. The maximum absolute atomic E-state index is 12.7. The smallest absolute Gasteiger partial charge is 0.227 e. The Morgan fingerprint density at radius 1 is 1.18 bits per heavy atom. The Morgan fingerprint density at radius 2 is 1.93 bits per heavy atom. The number of fused-ring (bicyclic) bond motifs is 1. The zero-order valence-corrected chi connectivity index (χ0v) is 16.7. The van der Waals surface area contributed by atoms with Gasteiger partial charge in [0.05, 0.1) is 25.2 Å². The minimum atomic E-state index is -0.207. The van der Waals surface area contributed by atoms with Gasteiger partial charge in [-0.15, -0.1) is 0 Å². The second kappa shape index (κ2) is 8.41. The van der Waals surface area contributed by atoms with Crippen molar-refractivity contribution >= 4 is 23.2 Å². The van der Waals surface area contributed by atoms with E-state index in [1.54, 1.807) is 0 Å². The number of benzene rings is 2. The molecule has 0 saturated carbocycles. The second-order valence-corrected chi connectivity index (χ2v) is 7.82. The first-order chi connectivity index (χ1) is 13.6. The molecule has 2 aromatic rings. The van der Waals surface area contributed by atoms with Gasteiger partial charge >= 0.3 is 0 Å². The second-order valence-electron chi connectivity index (χ2n) is 7.39. The molecule has 1 saturated heterocycles. The maximum atomic E-state index is 12.7. The van der Waals surface area contributed by atoms with Crippen LogP contribution in [0.3, 0.4) is 0 Å². The molecule has 5 nitrogen and oxygen atoms in total. The first kappa shape index (κ1) is 19.1. The quantitative estimate of drug-likeness (QED) is 0.851. The lowest BCUT2D eigenvalue weighted by molar-refractivity contribution is -0.126. The number of nitrogens with zero attached hydrogens (tertiary/aromatic N) is 1. The highest BCUT2D eigenvalue weighted by atomic mass is 35.5. The zero-order valence-electron chi connectivity index (χ0n) is 16.0. The third-order valence-electron chi connectivity index (χ3n) is 5.43. The fourth-order valence-corrected chi connectivity index (χ4v) is 3.94. The van der Waals surface area contributed by atoms with Gasteiger partial charge in [0.2, 0.25) is 5.91 Å². The summed E-state index contributed by atoms with van der Waals surface area (Å²) in [4.78, 5) is 15.1. The van der Waals surface area contributed by atoms with Crippen LogP contribution in [0.5, 0.6) is 5.75 Å². The number of morpholine rings is 1. The van der Waals surface area contributed by atoms with Crippen molar-refractivity contribution < 1.29 is 14.3 Å². The normalized spacial score (nSPS) is 20.1. The number of halogens is 1. The van der Waals surface area contributed by atoms with Crippen LogP contribution in [-0.2, 0) is 16.0 Å². The summed E-state index contributed by atoms with van der Waals surface area (Å²) in [5, 5.41) is 3.79. The van der Waals surface area contributed by atoms with E-state index in [1.807, 2.05) is 25.1 Å². The molecule has 1 N–H and O–H groups in total. The van der Waals surface area contributed by atoms with Gasteiger partial charge in [-0.05, 0) is 54.8 Å². The Hall–Kier alpha value is -2.24. The van der Waals surface area contributed by atoms with Crippen LogP contribution in [0, 0.1) is 5.92 Å². The highest BCUT2D eigenvalue weighted by Gasteiger charge is 2.27. The van der Waals surface area contributed by atoms with Crippen LogP contribution in [0.2, 0.25) is 5.02 Å². The number of ether oxygens (including phenoxy) is 2. The number of rotatable bonds is 4. The minimum Gasteiger partial charge on any atom is -0.492 e. The van der Waals surface area contributed by atoms with Crippen LogP contribution < -0.4 is 15.0 Å². The molecule has 2 aliphatic heterocycles. The van der Waals surface area contributed by atoms with Gasteiger partial charge in [0.15, 0.2) is 0 Å². The summed E-state index contributed by atoms with van der Waals surface area (Å²) in [6, 6.07) is 13.9. The van der Waals surface area contributed by atoms with Crippen molar-refractivity contribution in [2.45, 2.75) is 19.4 Å². The number of carbonyl (C=O) groups excluding carboxylic acids is 1. The van der Waals surface area contributed by atoms with Gasteiger partial charge in [0.25, 0.3) is 0 Å². The summed E-state index contributed by atoms with van der Waals surface area (Å²) in [5.74, 6) is 0.622. The monoisotopic (exact) mass is 400 g/mol. The summed E-state index contributed by atoms with van der Waals surface area (Å²) in [5.41, 5.74) is 3.27. The minimum absolute atomic E-state index is 0.00961. The summed E-state index contributed by atoms with van der Waals surface area (Å²) >= 11 is 6.07. The average molecular weight is 401 g/mol. The van der Waals surface area contributed by atoms with Crippen LogP contribution in [-0.4, -0.2) is 38.8 Å². The molecule has 0 aromatic heterocycles. The molecule has 0 spiro atoms. The number of anilines is 1. The van der Waals surface area contributed by atoms with Crippen molar-refractivity contribution in [3.05, 3.63) is 58.6 Å². The zero-order chi connectivity index (χ0) is 19.5. The molecule has 0 aliphatic carbocycles. The Kier molecular flexibility index (Phi) is 5.74. The van der Waals surface area contributed by atoms with E-state index in [0.717, 1.165) is 43.2 Å². The lowest BCUT2D eigenvalue weighted by atomic mass is 9.95. The first-order valence-electron chi connectivity index (χ1n) is 9.74. The van der Waals surface area contributed by atoms with Crippen molar-refractivity contribution in [2.75, 3.05) is 37.8 Å². The molecule has 2 heterocycles. The molecule has 1 fully saturated rings. The van der Waals surface area contributed by atoms with Crippen LogP contribution >= 0.6 is 11.6 Å². The molecule has 6 heteroatoms. The van der Waals surface area contributed by atoms with Crippen molar-refractivity contribution in [1.29, 1.82) is 0 Å². The molecule has 28 heavy (non-hydrogen) atoms. The molecule has 0 radical (unpaired) electrons. The van der Waals surface area contributed by atoms with Crippen molar-refractivity contribution in [3.63, 3.8) is 0 Å². The fourth-order valence-electron chi connectivity index (χ4n) is 3.74. The Balaban J connectivity index is 1.36. The lowest BCUT2D eigenvalue weighted by Gasteiger charge is -2.29. The third kappa shape index (κ3) is 4.26. The standard InChI is InChI=1S/C22H25ClN2O3/c1-15(16-2-5-20(6-3-16)25-8-10-27-11-9-25)24-22(26)18-12-17-13-19(23)4-7-21(17)28-14-18/h2-7,13,15,18H,8-12,14H2,1H3,(H,24,26). The summed E-state index contributed by atoms with van der Waals surface area (Å²) in [6.07, 6.45) is 0.643. The first-order valence-corrected chi connectivity index (χ1v) is 10.1. The topological polar surface area (TPSA) is 50.8 Å². The lowest BCUT2D eigenvalue weighted by Crippen LogP contribution is -2.38. The van der Waals surface area contributed by atoms with E-state index in [1.165, 1.54) is 5.69 Å². The van der Waals surface area contributed by atoms with E-state index < -0.39 is 0 Å². The number of carbonyl (C=O) groups is 1. The Labute approximate surface area is 170 Å². The predicted octanol–water partition coefficient (Wildman–Crippen LogP) is 3.61. The van der Waals surface area contributed by atoms with Crippen LogP contribution in [0.1, 0.15) is 24.1 Å². The van der Waals surface area contributed by atoms with Crippen molar-refractivity contribution in [2.24, 2.45) is 5.92 Å². The molecular weight excluding hydrogens is 376 g/mol. The summed E-state index contributed by atoms with van der Waals surface area (Å²) in [6.45, 7) is 5.77. The molecule has 0 bridgehead atoms. The molecule has 1 amide bonds. The number of hydrogen-bond acceptors (Lipinski definition) is 4. The molecular formula is C22H25ClN2O3. The van der Waals surface area contributed by atoms with Crippen molar-refractivity contribution in [3.8, 4) is 5.75 Å². The van der Waals surface area contributed by atoms with Gasteiger partial charge in [-0.1, -0.05) is 23.7 Å². The molecule has 2 aliphatic rings. The van der Waals surface area contributed by atoms with Gasteiger partial charge < -0.3 is 19.7 Å². The van der Waals surface area contributed by atoms with E-state index in [4.69, 9.17) is 21.1 Å². The summed E-state index contributed by atoms with van der Waals surface area (Å²) < 4.78 is 11.2. The molecule has 4 rings (SSSR count). The predicted molar refractivity (Wildman–Crippen MR) is 110 cm³/mol. The Morgan fingerprint density at radius 3 is 2.68 bits per heavy atom. The Bertz CT molecular complexity index is 834. The summed E-state index contributed by atoms with van der Waals surface area (Å²) in [7, 11) is 0. The highest BCUT2D eigenvalue weighted by molar-refractivity contribution is 6.30. The van der Waals surface area contributed by atoms with Crippen LogP contribution in [0.25, 0.3) is 0 Å². The average Bonchev–Trinajstić information content (AvgIpc) is 2.74. The van der Waals surface area contributed by atoms with E-state index in [2.05, 4.69) is 34.5 Å². The number of hydrogen-bond donors (Lipinski definition) is 1. The van der Waals surface area contributed by atoms with E-state index >= 15 is 0 Å². The number of amides is 1. The largest absolute Gasteiger partial charge is 0.492 e. The maximum Gasteiger partial charge on any atom is 0.227 e. The fraction of sp³-hybridized carbons (Fsp3) is 0.409. The molecule has 2 atom stereocenters. The molecule has 2 unspecified atom stereocenters. The van der Waals surface area contributed by atoms with Gasteiger partial charge in [0, 0.05) is 23.8 Å². The van der Waals surface area contributed by atoms with Gasteiger partial charge in [-0.3, -0.25) is 4.79 Å². The SMILES string of the molecule is CC(NC(=O)C1COc2ccc(Cl)cc2C1)c1ccc(N2CCOCC2)cc1. The van der Waals surface area contributed by atoms with E-state index in [-0.39, 0.29) is 17.9 Å².